The van der Waals surface area contributed by atoms with Crippen LogP contribution in [-0.4, -0.2) is 21.2 Å². The first-order chi connectivity index (χ1) is 12.0. The molecule has 0 unspecified atom stereocenters. The van der Waals surface area contributed by atoms with Crippen molar-refractivity contribution in [1.82, 2.24) is 9.55 Å². The van der Waals surface area contributed by atoms with Crippen LogP contribution >= 0.6 is 35.0 Å². The second-order valence-electron chi connectivity index (χ2n) is 5.31. The predicted molar refractivity (Wildman–Crippen MR) is 104 cm³/mol. The third-order valence-corrected chi connectivity index (χ3v) is 5.16. The Hall–Kier alpha value is -1.95. The summed E-state index contributed by atoms with van der Waals surface area (Å²) in [6, 6.07) is 14.9. The van der Waals surface area contributed by atoms with Gasteiger partial charge in [0.15, 0.2) is 5.16 Å². The standard InChI is InChI=1S/C18H15Cl2N3OS/c1-23-16(12-5-3-2-4-6-12)10-21-18(23)25-11-17(24)22-15-9-13(19)7-8-14(15)20/h2-10H,11H2,1H3,(H,22,24). The van der Waals surface area contributed by atoms with Gasteiger partial charge in [-0.1, -0.05) is 65.3 Å². The van der Waals surface area contributed by atoms with E-state index in [0.717, 1.165) is 16.4 Å². The summed E-state index contributed by atoms with van der Waals surface area (Å²) in [4.78, 5) is 16.6. The molecule has 3 aromatic rings. The predicted octanol–water partition coefficient (Wildman–Crippen LogP) is 5.12. The highest BCUT2D eigenvalue weighted by molar-refractivity contribution is 7.99. The van der Waals surface area contributed by atoms with Gasteiger partial charge in [0.2, 0.25) is 5.91 Å². The molecule has 0 aliphatic carbocycles. The highest BCUT2D eigenvalue weighted by Gasteiger charge is 2.12. The Morgan fingerprint density at radius 2 is 1.96 bits per heavy atom. The van der Waals surface area contributed by atoms with Gasteiger partial charge in [0.1, 0.15) is 0 Å². The van der Waals surface area contributed by atoms with E-state index < -0.39 is 0 Å². The number of nitrogens with zero attached hydrogens (tertiary/aromatic N) is 2. The summed E-state index contributed by atoms with van der Waals surface area (Å²) >= 11 is 13.3. The molecule has 0 atom stereocenters. The Bertz CT molecular complexity index is 897. The van der Waals surface area contributed by atoms with Crippen LogP contribution < -0.4 is 5.32 Å². The highest BCUT2D eigenvalue weighted by atomic mass is 35.5. The quantitative estimate of drug-likeness (QED) is 0.613. The molecule has 3 rings (SSSR count). The van der Waals surface area contributed by atoms with Gasteiger partial charge >= 0.3 is 0 Å². The van der Waals surface area contributed by atoms with Crippen molar-refractivity contribution in [1.29, 1.82) is 0 Å². The van der Waals surface area contributed by atoms with Crippen LogP contribution in [0.5, 0.6) is 0 Å². The summed E-state index contributed by atoms with van der Waals surface area (Å²) in [5.41, 5.74) is 2.59. The molecule has 128 valence electrons. The van der Waals surface area contributed by atoms with Crippen molar-refractivity contribution in [2.75, 3.05) is 11.1 Å². The highest BCUT2D eigenvalue weighted by Crippen LogP contribution is 2.27. The number of hydrogen-bond donors (Lipinski definition) is 1. The molecule has 0 fully saturated rings. The van der Waals surface area contributed by atoms with E-state index in [1.807, 2.05) is 48.1 Å². The normalized spacial score (nSPS) is 10.7. The molecule has 7 heteroatoms. The van der Waals surface area contributed by atoms with Gasteiger partial charge in [-0.05, 0) is 23.8 Å². The smallest absolute Gasteiger partial charge is 0.234 e. The Kier molecular flexibility index (Phi) is 5.68. The van der Waals surface area contributed by atoms with Gasteiger partial charge in [-0.2, -0.15) is 0 Å². The number of anilines is 1. The third kappa shape index (κ3) is 4.37. The molecule has 0 aliphatic rings. The molecule has 2 aromatic carbocycles. The average Bonchev–Trinajstić information content (AvgIpc) is 2.98. The van der Waals surface area contributed by atoms with Crippen molar-refractivity contribution < 1.29 is 4.79 Å². The molecular weight excluding hydrogens is 377 g/mol. The SMILES string of the molecule is Cn1c(-c2ccccc2)cnc1SCC(=O)Nc1cc(Cl)ccc1Cl. The minimum atomic E-state index is -0.168. The zero-order chi connectivity index (χ0) is 17.8. The van der Waals surface area contributed by atoms with E-state index in [4.69, 9.17) is 23.2 Å². The monoisotopic (exact) mass is 391 g/mol. The molecule has 25 heavy (non-hydrogen) atoms. The van der Waals surface area contributed by atoms with Gasteiger partial charge in [0.05, 0.1) is 28.4 Å². The van der Waals surface area contributed by atoms with Crippen LogP contribution in [0.4, 0.5) is 5.69 Å². The maximum absolute atomic E-state index is 12.2. The second-order valence-corrected chi connectivity index (χ2v) is 7.10. The largest absolute Gasteiger partial charge is 0.324 e. The molecule has 1 N–H and O–H groups in total. The Labute approximate surface area is 160 Å². The third-order valence-electron chi connectivity index (χ3n) is 3.55. The number of thioether (sulfide) groups is 1. The number of imidazole rings is 1. The van der Waals surface area contributed by atoms with Crippen LogP contribution in [0.25, 0.3) is 11.3 Å². The van der Waals surface area contributed by atoms with E-state index in [9.17, 15) is 4.79 Å². The van der Waals surface area contributed by atoms with Crippen molar-refractivity contribution in [2.24, 2.45) is 7.05 Å². The van der Waals surface area contributed by atoms with Crippen LogP contribution in [0.3, 0.4) is 0 Å². The number of carbonyl (C=O) groups excluding carboxylic acids is 1. The zero-order valence-corrected chi connectivity index (χ0v) is 15.7. The number of aromatic nitrogens is 2. The number of benzene rings is 2. The summed E-state index contributed by atoms with van der Waals surface area (Å²) < 4.78 is 1.97. The maximum Gasteiger partial charge on any atom is 0.234 e. The van der Waals surface area contributed by atoms with Crippen molar-refractivity contribution in [3.63, 3.8) is 0 Å². The first-order valence-electron chi connectivity index (χ1n) is 7.49. The Morgan fingerprint density at radius 3 is 2.72 bits per heavy atom. The lowest BCUT2D eigenvalue weighted by Gasteiger charge is -2.08. The van der Waals surface area contributed by atoms with Gasteiger partial charge in [0, 0.05) is 12.1 Å². The fourth-order valence-corrected chi connectivity index (χ4v) is 3.40. The molecular formula is C18H15Cl2N3OS. The molecule has 1 amide bonds. The molecule has 0 saturated carbocycles. The molecule has 4 nitrogen and oxygen atoms in total. The summed E-state index contributed by atoms with van der Waals surface area (Å²) in [5, 5.41) is 4.50. The molecule has 0 bridgehead atoms. The van der Waals surface area contributed by atoms with E-state index in [-0.39, 0.29) is 11.7 Å². The first-order valence-corrected chi connectivity index (χ1v) is 9.23. The molecule has 1 aromatic heterocycles. The van der Waals surface area contributed by atoms with Gasteiger partial charge in [-0.25, -0.2) is 4.98 Å². The Balaban J connectivity index is 1.65. The Morgan fingerprint density at radius 1 is 1.20 bits per heavy atom. The minimum absolute atomic E-state index is 0.168. The van der Waals surface area contributed by atoms with Crippen LogP contribution in [0, 0.1) is 0 Å². The topological polar surface area (TPSA) is 46.9 Å². The molecule has 0 saturated heterocycles. The summed E-state index contributed by atoms with van der Waals surface area (Å²) in [7, 11) is 1.93. The molecule has 0 spiro atoms. The number of halogens is 2. The lowest BCUT2D eigenvalue weighted by Crippen LogP contribution is -2.14. The van der Waals surface area contributed by atoms with Gasteiger partial charge in [0.25, 0.3) is 0 Å². The van der Waals surface area contributed by atoms with Gasteiger partial charge in [-0.15, -0.1) is 0 Å². The van der Waals surface area contributed by atoms with Crippen molar-refractivity contribution in [2.45, 2.75) is 5.16 Å². The average molecular weight is 392 g/mol. The van der Waals surface area contributed by atoms with E-state index in [1.54, 1.807) is 18.2 Å². The van der Waals surface area contributed by atoms with Crippen molar-refractivity contribution in [3.8, 4) is 11.3 Å². The van der Waals surface area contributed by atoms with E-state index in [0.29, 0.717) is 15.7 Å². The van der Waals surface area contributed by atoms with Crippen LogP contribution in [-0.2, 0) is 11.8 Å². The second kappa shape index (κ2) is 7.95. The van der Waals surface area contributed by atoms with Crippen LogP contribution in [0.2, 0.25) is 10.0 Å². The maximum atomic E-state index is 12.2. The lowest BCUT2D eigenvalue weighted by atomic mass is 10.2. The summed E-state index contributed by atoms with van der Waals surface area (Å²) in [5.74, 6) is 0.0560. The van der Waals surface area contributed by atoms with E-state index in [1.165, 1.54) is 11.8 Å². The number of nitrogens with one attached hydrogen (secondary N) is 1. The van der Waals surface area contributed by atoms with Crippen LogP contribution in [0.1, 0.15) is 0 Å². The van der Waals surface area contributed by atoms with E-state index >= 15 is 0 Å². The number of carbonyl (C=O) groups is 1. The molecule has 1 heterocycles. The number of rotatable bonds is 5. The van der Waals surface area contributed by atoms with Gasteiger partial charge < -0.3 is 9.88 Å². The van der Waals surface area contributed by atoms with Crippen molar-refractivity contribution in [3.05, 3.63) is 64.8 Å². The fraction of sp³-hybridized carbons (Fsp3) is 0.111. The van der Waals surface area contributed by atoms with E-state index in [2.05, 4.69) is 10.3 Å². The van der Waals surface area contributed by atoms with Crippen LogP contribution in [0.15, 0.2) is 59.9 Å². The van der Waals surface area contributed by atoms with Crippen molar-refractivity contribution >= 4 is 46.6 Å². The summed E-state index contributed by atoms with van der Waals surface area (Å²) in [6.45, 7) is 0. The van der Waals surface area contributed by atoms with Gasteiger partial charge in [-0.3, -0.25) is 4.79 Å². The number of hydrogen-bond acceptors (Lipinski definition) is 3. The number of amides is 1. The minimum Gasteiger partial charge on any atom is -0.324 e. The molecule has 0 aliphatic heterocycles. The zero-order valence-electron chi connectivity index (χ0n) is 13.4. The fourth-order valence-electron chi connectivity index (χ4n) is 2.31. The molecule has 0 radical (unpaired) electrons. The summed E-state index contributed by atoms with van der Waals surface area (Å²) in [6.07, 6.45) is 1.81. The lowest BCUT2D eigenvalue weighted by molar-refractivity contribution is -0.113. The first kappa shape index (κ1) is 17.9.